The van der Waals surface area contributed by atoms with Gasteiger partial charge in [-0.1, -0.05) is 26.0 Å². The number of rotatable bonds is 9. The number of aryl methyl sites for hydroxylation is 1. The van der Waals surface area contributed by atoms with E-state index in [9.17, 15) is 14.7 Å². The number of amides is 1. The molecule has 1 heterocycles. The van der Waals surface area contributed by atoms with E-state index in [0.29, 0.717) is 29.2 Å². The van der Waals surface area contributed by atoms with Gasteiger partial charge in [-0.05, 0) is 60.7 Å². The van der Waals surface area contributed by atoms with Crippen LogP contribution in [-0.2, 0) is 14.3 Å². The second-order valence-corrected chi connectivity index (χ2v) is 8.55. The number of hydrogen-bond acceptors (Lipinski definition) is 6. The fraction of sp³-hybridized carbons (Fsp3) is 0.407. The number of aliphatic hydroxyl groups is 1. The molecule has 0 saturated carbocycles. The zero-order valence-electron chi connectivity index (χ0n) is 20.7. The minimum atomic E-state index is -0.764. The highest BCUT2D eigenvalue weighted by atomic mass is 16.5. The monoisotopic (exact) mass is 467 g/mol. The number of hydrogen-bond donors (Lipinski definition) is 1. The second-order valence-electron chi connectivity index (χ2n) is 8.55. The van der Waals surface area contributed by atoms with E-state index in [-0.39, 0.29) is 30.4 Å². The second kappa shape index (κ2) is 10.7. The van der Waals surface area contributed by atoms with Gasteiger partial charge in [0.25, 0.3) is 11.7 Å². The van der Waals surface area contributed by atoms with Crippen molar-refractivity contribution in [3.63, 3.8) is 0 Å². The molecule has 1 atom stereocenters. The number of methoxy groups -OCH3 is 2. The third kappa shape index (κ3) is 4.80. The van der Waals surface area contributed by atoms with E-state index in [1.165, 1.54) is 12.0 Å². The van der Waals surface area contributed by atoms with Crippen molar-refractivity contribution in [3.8, 4) is 11.5 Å². The van der Waals surface area contributed by atoms with Gasteiger partial charge in [0.2, 0.25) is 0 Å². The van der Waals surface area contributed by atoms with Crippen LogP contribution in [0.5, 0.6) is 11.5 Å². The van der Waals surface area contributed by atoms with Gasteiger partial charge in [0.1, 0.15) is 17.3 Å². The van der Waals surface area contributed by atoms with Crippen LogP contribution < -0.4 is 9.47 Å². The third-order valence-electron chi connectivity index (χ3n) is 6.01. The predicted molar refractivity (Wildman–Crippen MR) is 130 cm³/mol. The Morgan fingerprint density at radius 3 is 2.50 bits per heavy atom. The van der Waals surface area contributed by atoms with Crippen molar-refractivity contribution in [2.45, 2.75) is 39.7 Å². The molecule has 1 fully saturated rings. The molecule has 1 aliphatic heterocycles. The van der Waals surface area contributed by atoms with Gasteiger partial charge in [0.05, 0.1) is 31.9 Å². The summed E-state index contributed by atoms with van der Waals surface area (Å²) in [5.41, 5.74) is 2.87. The highest BCUT2D eigenvalue weighted by molar-refractivity contribution is 6.46. The molecule has 0 aliphatic carbocycles. The number of aliphatic hydroxyl groups excluding tert-OH is 1. The Bertz CT molecular complexity index is 1100. The van der Waals surface area contributed by atoms with Gasteiger partial charge in [-0.15, -0.1) is 0 Å². The summed E-state index contributed by atoms with van der Waals surface area (Å²) in [6.07, 6.45) is 0. The third-order valence-corrected chi connectivity index (χ3v) is 6.01. The molecule has 34 heavy (non-hydrogen) atoms. The zero-order valence-corrected chi connectivity index (χ0v) is 20.7. The molecule has 0 radical (unpaired) electrons. The Balaban J connectivity index is 2.24. The predicted octanol–water partition coefficient (Wildman–Crippen LogP) is 4.59. The fourth-order valence-electron chi connectivity index (χ4n) is 4.31. The summed E-state index contributed by atoms with van der Waals surface area (Å²) in [5, 5.41) is 11.5. The molecule has 0 bridgehead atoms. The minimum Gasteiger partial charge on any atom is -0.507 e. The van der Waals surface area contributed by atoms with Crippen molar-refractivity contribution in [1.29, 1.82) is 0 Å². The summed E-state index contributed by atoms with van der Waals surface area (Å²) in [6, 6.07) is 10.2. The molecular formula is C27H33NO6. The lowest BCUT2D eigenvalue weighted by molar-refractivity contribution is -0.140. The van der Waals surface area contributed by atoms with Crippen molar-refractivity contribution < 1.29 is 28.9 Å². The van der Waals surface area contributed by atoms with Crippen LogP contribution in [0, 0.1) is 6.92 Å². The summed E-state index contributed by atoms with van der Waals surface area (Å²) in [5.74, 6) is -0.120. The van der Waals surface area contributed by atoms with Crippen LogP contribution in [0.25, 0.3) is 5.76 Å². The summed E-state index contributed by atoms with van der Waals surface area (Å²) in [7, 11) is 3.14. The lowest BCUT2D eigenvalue weighted by Gasteiger charge is -2.25. The first-order chi connectivity index (χ1) is 16.2. The standard InChI is InChI=1S/C27H33NO6/c1-7-34-19-10-8-9-18(14-19)24-23(26(30)27(31)28(24)11-12-32-5)25(29)21-15-20(16(2)3)22(33-6)13-17(21)4/h8-10,13-16,24,29H,7,11-12H2,1-6H3/b25-23+. The normalized spacial score (nSPS) is 17.5. The van der Waals surface area contributed by atoms with Crippen LogP contribution in [0.1, 0.15) is 55.0 Å². The lowest BCUT2D eigenvalue weighted by Crippen LogP contribution is -2.32. The summed E-state index contributed by atoms with van der Waals surface area (Å²) in [4.78, 5) is 27.7. The number of ketones is 1. The number of nitrogens with zero attached hydrogens (tertiary/aromatic N) is 1. The Morgan fingerprint density at radius 1 is 1.15 bits per heavy atom. The van der Waals surface area contributed by atoms with Crippen LogP contribution in [0.15, 0.2) is 42.0 Å². The van der Waals surface area contributed by atoms with E-state index >= 15 is 0 Å². The highest BCUT2D eigenvalue weighted by Crippen LogP contribution is 2.41. The Hall–Kier alpha value is -3.32. The number of likely N-dealkylation sites (tertiary alicyclic amines) is 1. The van der Waals surface area contributed by atoms with Crippen molar-refractivity contribution >= 4 is 17.4 Å². The Labute approximate surface area is 200 Å². The topological polar surface area (TPSA) is 85.3 Å². The maximum atomic E-state index is 13.2. The highest BCUT2D eigenvalue weighted by Gasteiger charge is 2.46. The van der Waals surface area contributed by atoms with Crippen molar-refractivity contribution in [2.75, 3.05) is 34.0 Å². The molecule has 1 unspecified atom stereocenters. The van der Waals surface area contributed by atoms with Crippen LogP contribution in [0.2, 0.25) is 0 Å². The number of benzene rings is 2. The minimum absolute atomic E-state index is 0.0534. The van der Waals surface area contributed by atoms with Gasteiger partial charge >= 0.3 is 0 Å². The molecule has 1 saturated heterocycles. The van der Waals surface area contributed by atoms with Crippen molar-refractivity contribution in [3.05, 3.63) is 64.2 Å². The molecule has 0 aromatic heterocycles. The molecule has 1 aliphatic rings. The van der Waals surface area contributed by atoms with Crippen molar-refractivity contribution in [1.82, 2.24) is 4.90 Å². The van der Waals surface area contributed by atoms with Crippen LogP contribution in [0.4, 0.5) is 0 Å². The largest absolute Gasteiger partial charge is 0.507 e. The number of ether oxygens (including phenoxy) is 3. The smallest absolute Gasteiger partial charge is 0.295 e. The van der Waals surface area contributed by atoms with Crippen LogP contribution in [-0.4, -0.2) is 55.7 Å². The molecule has 1 amide bonds. The van der Waals surface area contributed by atoms with E-state index in [1.54, 1.807) is 13.2 Å². The average molecular weight is 468 g/mol. The van der Waals surface area contributed by atoms with Gasteiger partial charge < -0.3 is 24.2 Å². The molecule has 182 valence electrons. The maximum Gasteiger partial charge on any atom is 0.295 e. The van der Waals surface area contributed by atoms with Gasteiger partial charge in [-0.2, -0.15) is 0 Å². The Morgan fingerprint density at radius 2 is 1.88 bits per heavy atom. The van der Waals surface area contributed by atoms with E-state index in [2.05, 4.69) is 0 Å². The van der Waals surface area contributed by atoms with Gasteiger partial charge in [0, 0.05) is 19.2 Å². The van der Waals surface area contributed by atoms with E-state index in [0.717, 1.165) is 11.1 Å². The molecule has 7 heteroatoms. The SMILES string of the molecule is CCOc1cccc(C2/C(=C(\O)c3cc(C(C)C)c(OC)cc3C)C(=O)C(=O)N2CCOC)c1. The lowest BCUT2D eigenvalue weighted by atomic mass is 9.91. The summed E-state index contributed by atoms with van der Waals surface area (Å²) >= 11 is 0. The first kappa shape index (κ1) is 25.3. The number of Topliss-reactive ketones (excluding diaryl/α,β-unsaturated/α-hetero) is 1. The van der Waals surface area contributed by atoms with Gasteiger partial charge in [0.15, 0.2) is 0 Å². The first-order valence-electron chi connectivity index (χ1n) is 11.4. The van der Waals surface area contributed by atoms with Crippen LogP contribution in [0.3, 0.4) is 0 Å². The molecular weight excluding hydrogens is 434 g/mol. The average Bonchev–Trinajstić information content (AvgIpc) is 3.07. The maximum absolute atomic E-state index is 13.2. The molecule has 7 nitrogen and oxygen atoms in total. The quantitative estimate of drug-likeness (QED) is 0.330. The van der Waals surface area contributed by atoms with Gasteiger partial charge in [-0.25, -0.2) is 0 Å². The summed E-state index contributed by atoms with van der Waals surface area (Å²) in [6.45, 7) is 8.73. The molecule has 2 aromatic rings. The van der Waals surface area contributed by atoms with Gasteiger partial charge in [-0.3, -0.25) is 9.59 Å². The molecule has 1 N–H and O–H groups in total. The number of carbonyl (C=O) groups is 2. The van der Waals surface area contributed by atoms with Crippen LogP contribution >= 0.6 is 0 Å². The zero-order chi connectivity index (χ0) is 25.0. The van der Waals surface area contributed by atoms with Crippen molar-refractivity contribution in [2.24, 2.45) is 0 Å². The van der Waals surface area contributed by atoms with E-state index < -0.39 is 17.7 Å². The summed E-state index contributed by atoms with van der Waals surface area (Å²) < 4.78 is 16.3. The fourth-order valence-corrected chi connectivity index (χ4v) is 4.31. The Kier molecular flexibility index (Phi) is 7.99. The molecule has 2 aromatic carbocycles. The molecule has 3 rings (SSSR count). The molecule has 0 spiro atoms. The van der Waals surface area contributed by atoms with E-state index in [1.807, 2.05) is 58.0 Å². The first-order valence-corrected chi connectivity index (χ1v) is 11.4. The van der Waals surface area contributed by atoms with E-state index in [4.69, 9.17) is 14.2 Å². The number of carbonyl (C=O) groups excluding carboxylic acids is 2.